The topological polar surface area (TPSA) is 83.7 Å². The molecule has 0 atom stereocenters. The van der Waals surface area contributed by atoms with Gasteiger partial charge >= 0.3 is 0 Å². The summed E-state index contributed by atoms with van der Waals surface area (Å²) >= 11 is 0. The molecule has 1 aromatic carbocycles. The fraction of sp³-hybridized carbons (Fsp3) is 0.357. The van der Waals surface area contributed by atoms with Gasteiger partial charge in [0, 0.05) is 25.7 Å². The molecule has 2 heterocycles. The Hall–Kier alpha value is -2.37. The maximum atomic E-state index is 12.3. The molecule has 0 bridgehead atoms. The first-order valence-corrected chi connectivity index (χ1v) is 6.43. The zero-order valence-electron chi connectivity index (χ0n) is 11.3. The van der Waals surface area contributed by atoms with Crippen molar-refractivity contribution in [2.45, 2.75) is 19.9 Å². The highest BCUT2D eigenvalue weighted by Gasteiger charge is 2.45. The maximum Gasteiger partial charge on any atom is 0.262 e. The number of nitrogen functional groups attached to an aromatic ring is 1. The molecule has 0 aliphatic carbocycles. The predicted octanol–water partition coefficient (Wildman–Crippen LogP) is 0.404. The number of nitrogens with zero attached hydrogens (tertiary/aromatic N) is 2. The Labute approximate surface area is 116 Å². The van der Waals surface area contributed by atoms with E-state index in [9.17, 15) is 14.4 Å². The van der Waals surface area contributed by atoms with Crippen LogP contribution in [0.25, 0.3) is 0 Å². The summed E-state index contributed by atoms with van der Waals surface area (Å²) in [6.45, 7) is 4.10. The molecular weight excluding hydrogens is 258 g/mol. The number of likely N-dealkylation sites (tertiary alicyclic amines) is 1. The van der Waals surface area contributed by atoms with E-state index >= 15 is 0 Å². The highest BCUT2D eigenvalue weighted by atomic mass is 16.2. The number of amides is 3. The Balaban J connectivity index is 1.89. The molecule has 2 aliphatic rings. The van der Waals surface area contributed by atoms with Crippen molar-refractivity contribution in [1.29, 1.82) is 0 Å². The number of aryl methyl sites for hydroxylation is 1. The molecule has 1 saturated heterocycles. The number of carbonyl (C=O) groups excluding carboxylic acids is 3. The van der Waals surface area contributed by atoms with E-state index in [0.717, 1.165) is 5.56 Å². The van der Waals surface area contributed by atoms with Gasteiger partial charge in [-0.2, -0.15) is 0 Å². The lowest BCUT2D eigenvalue weighted by atomic mass is 10.0. The van der Waals surface area contributed by atoms with E-state index in [1.54, 1.807) is 24.0 Å². The standard InChI is InChI=1S/C14H15N3O3/c1-7-3-10-11(4-12(7)15)14(20)17(13(10)19)9-5-16(6-9)8(2)18/h3-4,9H,5-6,15H2,1-2H3. The average Bonchev–Trinajstić information content (AvgIpc) is 2.53. The van der Waals surface area contributed by atoms with Gasteiger partial charge in [0.25, 0.3) is 11.8 Å². The largest absolute Gasteiger partial charge is 0.398 e. The van der Waals surface area contributed by atoms with Crippen LogP contribution < -0.4 is 5.73 Å². The minimum atomic E-state index is -0.315. The Morgan fingerprint density at radius 2 is 1.75 bits per heavy atom. The molecule has 6 nitrogen and oxygen atoms in total. The highest BCUT2D eigenvalue weighted by Crippen LogP contribution is 2.30. The van der Waals surface area contributed by atoms with Crippen LogP contribution in [-0.4, -0.2) is 46.7 Å². The van der Waals surface area contributed by atoms with Crippen LogP contribution in [0.3, 0.4) is 0 Å². The lowest BCUT2D eigenvalue weighted by molar-refractivity contribution is -0.134. The molecule has 104 valence electrons. The molecule has 2 N–H and O–H groups in total. The summed E-state index contributed by atoms with van der Waals surface area (Å²) in [4.78, 5) is 38.7. The van der Waals surface area contributed by atoms with Crippen LogP contribution >= 0.6 is 0 Å². The summed E-state index contributed by atoms with van der Waals surface area (Å²) in [6, 6.07) is 2.99. The molecule has 6 heteroatoms. The Kier molecular flexibility index (Phi) is 2.57. The molecule has 2 aliphatic heterocycles. The minimum Gasteiger partial charge on any atom is -0.398 e. The van der Waals surface area contributed by atoms with Gasteiger partial charge in [-0.3, -0.25) is 19.3 Å². The number of benzene rings is 1. The normalized spacial score (nSPS) is 18.3. The number of fused-ring (bicyclic) bond motifs is 1. The third-order valence-corrected chi connectivity index (χ3v) is 3.98. The van der Waals surface area contributed by atoms with Crippen LogP contribution in [0.1, 0.15) is 33.2 Å². The number of imide groups is 1. The first kappa shape index (κ1) is 12.7. The van der Waals surface area contributed by atoms with E-state index in [2.05, 4.69) is 0 Å². The second-order valence-corrected chi connectivity index (χ2v) is 5.31. The molecule has 20 heavy (non-hydrogen) atoms. The van der Waals surface area contributed by atoms with Crippen LogP contribution in [0.15, 0.2) is 12.1 Å². The van der Waals surface area contributed by atoms with E-state index in [-0.39, 0.29) is 23.8 Å². The molecule has 0 unspecified atom stereocenters. The van der Waals surface area contributed by atoms with Gasteiger partial charge in [-0.05, 0) is 24.6 Å². The first-order valence-electron chi connectivity index (χ1n) is 6.43. The number of carbonyl (C=O) groups is 3. The van der Waals surface area contributed by atoms with Gasteiger partial charge in [0.05, 0.1) is 17.2 Å². The van der Waals surface area contributed by atoms with Gasteiger partial charge in [0.15, 0.2) is 0 Å². The smallest absolute Gasteiger partial charge is 0.262 e. The van der Waals surface area contributed by atoms with Crippen molar-refractivity contribution in [2.24, 2.45) is 0 Å². The van der Waals surface area contributed by atoms with E-state index in [4.69, 9.17) is 5.73 Å². The van der Waals surface area contributed by atoms with E-state index in [1.807, 2.05) is 0 Å². The van der Waals surface area contributed by atoms with E-state index in [0.29, 0.717) is 29.9 Å². The van der Waals surface area contributed by atoms with Crippen molar-refractivity contribution in [3.63, 3.8) is 0 Å². The quantitative estimate of drug-likeness (QED) is 0.593. The summed E-state index contributed by atoms with van der Waals surface area (Å²) < 4.78 is 0. The fourth-order valence-corrected chi connectivity index (χ4v) is 2.64. The zero-order chi connectivity index (χ0) is 14.6. The van der Waals surface area contributed by atoms with Crippen molar-refractivity contribution in [3.8, 4) is 0 Å². The molecule has 0 spiro atoms. The third-order valence-electron chi connectivity index (χ3n) is 3.98. The van der Waals surface area contributed by atoms with Gasteiger partial charge in [0.1, 0.15) is 0 Å². The lowest BCUT2D eigenvalue weighted by Crippen LogP contribution is -2.61. The van der Waals surface area contributed by atoms with Gasteiger partial charge in [-0.15, -0.1) is 0 Å². The van der Waals surface area contributed by atoms with E-state index < -0.39 is 0 Å². The maximum absolute atomic E-state index is 12.3. The second-order valence-electron chi connectivity index (χ2n) is 5.31. The number of rotatable bonds is 1. The van der Waals surface area contributed by atoms with Gasteiger partial charge < -0.3 is 10.6 Å². The fourth-order valence-electron chi connectivity index (χ4n) is 2.64. The Bertz CT molecular complexity index is 606. The minimum absolute atomic E-state index is 0.0436. The average molecular weight is 273 g/mol. The van der Waals surface area contributed by atoms with Crippen molar-refractivity contribution < 1.29 is 14.4 Å². The summed E-state index contributed by atoms with van der Waals surface area (Å²) in [5.41, 5.74) is 7.85. The number of nitrogens with two attached hydrogens (primary N) is 1. The second kappa shape index (κ2) is 4.06. The van der Waals surface area contributed by atoms with Crippen LogP contribution in [-0.2, 0) is 4.79 Å². The summed E-state index contributed by atoms with van der Waals surface area (Å²) in [7, 11) is 0. The molecule has 3 rings (SSSR count). The van der Waals surface area contributed by atoms with Gasteiger partial charge in [-0.25, -0.2) is 0 Å². The molecule has 3 amide bonds. The number of anilines is 1. The van der Waals surface area contributed by atoms with Crippen LogP contribution in [0.5, 0.6) is 0 Å². The monoisotopic (exact) mass is 273 g/mol. The van der Waals surface area contributed by atoms with Gasteiger partial charge in [0.2, 0.25) is 5.91 Å². The molecule has 0 aromatic heterocycles. The third kappa shape index (κ3) is 1.61. The predicted molar refractivity (Wildman–Crippen MR) is 72.1 cm³/mol. The molecule has 0 radical (unpaired) electrons. The van der Waals surface area contributed by atoms with Crippen LogP contribution in [0.2, 0.25) is 0 Å². The highest BCUT2D eigenvalue weighted by molar-refractivity contribution is 6.22. The van der Waals surface area contributed by atoms with Crippen molar-refractivity contribution in [3.05, 3.63) is 28.8 Å². The van der Waals surface area contributed by atoms with Gasteiger partial charge in [-0.1, -0.05) is 0 Å². The van der Waals surface area contributed by atoms with Crippen LogP contribution in [0, 0.1) is 6.92 Å². The Morgan fingerprint density at radius 1 is 1.20 bits per heavy atom. The first-order chi connectivity index (χ1) is 9.40. The summed E-state index contributed by atoms with van der Waals surface area (Å²) in [5.74, 6) is -0.649. The Morgan fingerprint density at radius 3 is 2.30 bits per heavy atom. The van der Waals surface area contributed by atoms with Crippen LogP contribution in [0.4, 0.5) is 5.69 Å². The molecule has 1 fully saturated rings. The lowest BCUT2D eigenvalue weighted by Gasteiger charge is -2.42. The SMILES string of the molecule is CC(=O)N1CC(N2C(=O)c3cc(C)c(N)cc3C2=O)C1. The van der Waals surface area contributed by atoms with E-state index in [1.165, 1.54) is 11.8 Å². The zero-order valence-corrected chi connectivity index (χ0v) is 11.3. The summed E-state index contributed by atoms with van der Waals surface area (Å²) in [5, 5.41) is 0. The van der Waals surface area contributed by atoms with Crippen molar-refractivity contribution in [1.82, 2.24) is 9.80 Å². The molecular formula is C14H15N3O3. The number of hydrogen-bond acceptors (Lipinski definition) is 4. The number of hydrogen-bond donors (Lipinski definition) is 1. The summed E-state index contributed by atoms with van der Waals surface area (Å²) in [6.07, 6.45) is 0. The molecule has 1 aromatic rings. The van der Waals surface area contributed by atoms with Crippen molar-refractivity contribution >= 4 is 23.4 Å². The van der Waals surface area contributed by atoms with Crippen molar-refractivity contribution in [2.75, 3.05) is 18.8 Å². The molecule has 0 saturated carbocycles.